The molecule has 0 atom stereocenters. The summed E-state index contributed by atoms with van der Waals surface area (Å²) in [5.41, 5.74) is 7.43. The standard InChI is InChI=1S/C15H21NO2/c1-13(2)18-11-10-17-12-15-7-5-14(6-8-15)4-3-9-16/h5-8,13H,9-12,16H2,1-2H3. The van der Waals surface area contributed by atoms with E-state index in [4.69, 9.17) is 15.2 Å². The Labute approximate surface area is 109 Å². The van der Waals surface area contributed by atoms with Gasteiger partial charge in [0.25, 0.3) is 0 Å². The van der Waals surface area contributed by atoms with Crippen LogP contribution in [0.3, 0.4) is 0 Å². The van der Waals surface area contributed by atoms with Crippen LogP contribution in [0.15, 0.2) is 24.3 Å². The molecule has 2 N–H and O–H groups in total. The van der Waals surface area contributed by atoms with E-state index >= 15 is 0 Å². The van der Waals surface area contributed by atoms with Crippen LogP contribution in [0.5, 0.6) is 0 Å². The van der Waals surface area contributed by atoms with Gasteiger partial charge in [0, 0.05) is 5.56 Å². The Morgan fingerprint density at radius 2 is 1.89 bits per heavy atom. The molecule has 0 aliphatic carbocycles. The largest absolute Gasteiger partial charge is 0.376 e. The summed E-state index contributed by atoms with van der Waals surface area (Å²) >= 11 is 0. The Morgan fingerprint density at radius 1 is 1.17 bits per heavy atom. The van der Waals surface area contributed by atoms with Crippen molar-refractivity contribution in [2.24, 2.45) is 5.73 Å². The van der Waals surface area contributed by atoms with Crippen LogP contribution in [0.2, 0.25) is 0 Å². The van der Waals surface area contributed by atoms with E-state index in [1.807, 2.05) is 38.1 Å². The zero-order valence-electron chi connectivity index (χ0n) is 11.1. The highest BCUT2D eigenvalue weighted by Gasteiger charge is 1.95. The molecule has 18 heavy (non-hydrogen) atoms. The Bertz CT molecular complexity index is 387. The van der Waals surface area contributed by atoms with Crippen molar-refractivity contribution in [3.63, 3.8) is 0 Å². The fourth-order valence-corrected chi connectivity index (χ4v) is 1.37. The van der Waals surface area contributed by atoms with Crippen LogP contribution in [-0.2, 0) is 16.1 Å². The highest BCUT2D eigenvalue weighted by atomic mass is 16.5. The van der Waals surface area contributed by atoms with E-state index in [0.29, 0.717) is 26.4 Å². The summed E-state index contributed by atoms with van der Waals surface area (Å²) in [7, 11) is 0. The molecule has 1 aromatic rings. The van der Waals surface area contributed by atoms with E-state index in [2.05, 4.69) is 11.8 Å². The second-order valence-electron chi connectivity index (χ2n) is 4.17. The minimum Gasteiger partial charge on any atom is -0.376 e. The quantitative estimate of drug-likeness (QED) is 0.617. The average Bonchev–Trinajstić information content (AvgIpc) is 2.37. The predicted octanol–water partition coefficient (Wildman–Crippen LogP) is 1.94. The smallest absolute Gasteiger partial charge is 0.0718 e. The summed E-state index contributed by atoms with van der Waals surface area (Å²) < 4.78 is 10.9. The van der Waals surface area contributed by atoms with Crippen LogP contribution >= 0.6 is 0 Å². The number of benzene rings is 1. The van der Waals surface area contributed by atoms with Gasteiger partial charge in [-0.1, -0.05) is 24.0 Å². The van der Waals surface area contributed by atoms with Gasteiger partial charge < -0.3 is 15.2 Å². The third-order valence-electron chi connectivity index (χ3n) is 2.24. The van der Waals surface area contributed by atoms with Crippen molar-refractivity contribution in [1.29, 1.82) is 0 Å². The van der Waals surface area contributed by atoms with Gasteiger partial charge in [-0.3, -0.25) is 0 Å². The highest BCUT2D eigenvalue weighted by Crippen LogP contribution is 2.04. The van der Waals surface area contributed by atoms with Gasteiger partial charge in [0.2, 0.25) is 0 Å². The molecule has 0 heterocycles. The highest BCUT2D eigenvalue weighted by molar-refractivity contribution is 5.36. The van der Waals surface area contributed by atoms with Gasteiger partial charge in [-0.05, 0) is 31.5 Å². The number of hydrogen-bond acceptors (Lipinski definition) is 3. The second kappa shape index (κ2) is 8.71. The average molecular weight is 247 g/mol. The SMILES string of the molecule is CC(C)OCCOCc1ccc(C#CCN)cc1. The fraction of sp³-hybridized carbons (Fsp3) is 0.467. The number of hydrogen-bond donors (Lipinski definition) is 1. The van der Waals surface area contributed by atoms with Crippen molar-refractivity contribution in [2.75, 3.05) is 19.8 Å². The van der Waals surface area contributed by atoms with Crippen LogP contribution in [0.25, 0.3) is 0 Å². The van der Waals surface area contributed by atoms with Crippen molar-refractivity contribution >= 4 is 0 Å². The number of nitrogens with two attached hydrogens (primary N) is 1. The van der Waals surface area contributed by atoms with Crippen molar-refractivity contribution in [1.82, 2.24) is 0 Å². The molecule has 0 saturated heterocycles. The Kier molecular flexibility index (Phi) is 7.12. The van der Waals surface area contributed by atoms with Crippen LogP contribution < -0.4 is 5.73 Å². The molecule has 98 valence electrons. The van der Waals surface area contributed by atoms with Crippen molar-refractivity contribution in [2.45, 2.75) is 26.6 Å². The first-order valence-corrected chi connectivity index (χ1v) is 6.19. The fourth-order valence-electron chi connectivity index (χ4n) is 1.37. The normalized spacial score (nSPS) is 10.2. The van der Waals surface area contributed by atoms with Gasteiger partial charge in [0.1, 0.15) is 0 Å². The molecule has 0 saturated carbocycles. The number of rotatable bonds is 6. The minimum atomic E-state index is 0.258. The summed E-state index contributed by atoms with van der Waals surface area (Å²) in [5, 5.41) is 0. The Balaban J connectivity index is 2.27. The third-order valence-corrected chi connectivity index (χ3v) is 2.24. The molecule has 0 aliphatic rings. The monoisotopic (exact) mass is 247 g/mol. The van der Waals surface area contributed by atoms with E-state index in [1.165, 1.54) is 0 Å². The van der Waals surface area contributed by atoms with E-state index in [9.17, 15) is 0 Å². The predicted molar refractivity (Wildman–Crippen MR) is 73.1 cm³/mol. The molecule has 0 aromatic heterocycles. The molecule has 3 nitrogen and oxygen atoms in total. The molecule has 0 unspecified atom stereocenters. The lowest BCUT2D eigenvalue weighted by molar-refractivity contribution is 0.0143. The summed E-state index contributed by atoms with van der Waals surface area (Å²) in [4.78, 5) is 0. The molecule has 1 rings (SSSR count). The van der Waals surface area contributed by atoms with Crippen molar-refractivity contribution < 1.29 is 9.47 Å². The molecule has 0 bridgehead atoms. The molecule has 3 heteroatoms. The summed E-state index contributed by atoms with van der Waals surface area (Å²) in [6, 6.07) is 7.99. The lowest BCUT2D eigenvalue weighted by Crippen LogP contribution is -2.09. The Hall–Kier alpha value is -1.34. The maximum Gasteiger partial charge on any atom is 0.0718 e. The van der Waals surface area contributed by atoms with Crippen LogP contribution in [-0.4, -0.2) is 25.9 Å². The first-order chi connectivity index (χ1) is 8.72. The van der Waals surface area contributed by atoms with Crippen LogP contribution in [0, 0.1) is 11.8 Å². The van der Waals surface area contributed by atoms with Crippen LogP contribution in [0.4, 0.5) is 0 Å². The molecule has 1 aromatic carbocycles. The molecular formula is C15H21NO2. The maximum absolute atomic E-state index is 5.51. The topological polar surface area (TPSA) is 44.5 Å². The van der Waals surface area contributed by atoms with E-state index in [-0.39, 0.29) is 6.10 Å². The van der Waals surface area contributed by atoms with Gasteiger partial charge >= 0.3 is 0 Å². The molecule has 0 spiro atoms. The maximum atomic E-state index is 5.51. The zero-order chi connectivity index (χ0) is 13.2. The molecule has 0 amide bonds. The van der Waals surface area contributed by atoms with Gasteiger partial charge in [-0.2, -0.15) is 0 Å². The zero-order valence-corrected chi connectivity index (χ0v) is 11.1. The lowest BCUT2D eigenvalue weighted by atomic mass is 10.1. The van der Waals surface area contributed by atoms with Gasteiger partial charge in [-0.25, -0.2) is 0 Å². The lowest BCUT2D eigenvalue weighted by Gasteiger charge is -2.08. The first kappa shape index (κ1) is 14.7. The van der Waals surface area contributed by atoms with Crippen LogP contribution in [0.1, 0.15) is 25.0 Å². The molecule has 0 radical (unpaired) electrons. The first-order valence-electron chi connectivity index (χ1n) is 6.19. The summed E-state index contributed by atoms with van der Waals surface area (Å²) in [6.45, 7) is 6.28. The van der Waals surface area contributed by atoms with Gasteiger partial charge in [0.15, 0.2) is 0 Å². The molecule has 0 aliphatic heterocycles. The minimum absolute atomic E-state index is 0.258. The van der Waals surface area contributed by atoms with Crippen molar-refractivity contribution in [3.05, 3.63) is 35.4 Å². The molecule has 0 fully saturated rings. The second-order valence-corrected chi connectivity index (χ2v) is 4.17. The summed E-state index contributed by atoms with van der Waals surface area (Å²) in [5.74, 6) is 5.81. The van der Waals surface area contributed by atoms with E-state index in [1.54, 1.807) is 0 Å². The molecular weight excluding hydrogens is 226 g/mol. The third kappa shape index (κ3) is 6.41. The van der Waals surface area contributed by atoms with E-state index < -0.39 is 0 Å². The number of ether oxygens (including phenoxy) is 2. The van der Waals surface area contributed by atoms with E-state index in [0.717, 1.165) is 11.1 Å². The Morgan fingerprint density at radius 3 is 2.50 bits per heavy atom. The van der Waals surface area contributed by atoms with Crippen molar-refractivity contribution in [3.8, 4) is 11.8 Å². The summed E-state index contributed by atoms with van der Waals surface area (Å²) in [6.07, 6.45) is 0.258. The van der Waals surface area contributed by atoms with Gasteiger partial charge in [0.05, 0.1) is 32.5 Å². The van der Waals surface area contributed by atoms with Gasteiger partial charge in [-0.15, -0.1) is 0 Å².